The van der Waals surface area contributed by atoms with Crippen LogP contribution in [0.3, 0.4) is 0 Å². The third kappa shape index (κ3) is 4.40. The first-order chi connectivity index (χ1) is 12.5. The topological polar surface area (TPSA) is 87.3 Å². The van der Waals surface area contributed by atoms with Crippen LogP contribution in [0, 0.1) is 5.92 Å². The van der Waals surface area contributed by atoms with Crippen molar-refractivity contribution in [2.75, 3.05) is 32.7 Å². The molecule has 1 aromatic carbocycles. The van der Waals surface area contributed by atoms with E-state index in [4.69, 9.17) is 24.7 Å². The highest BCUT2D eigenvalue weighted by Gasteiger charge is 2.43. The number of nitrogens with zero attached hydrogens (tertiary/aromatic N) is 1. The number of nitrogens with one attached hydrogen (secondary N) is 1. The van der Waals surface area contributed by atoms with E-state index in [1.807, 2.05) is 18.2 Å². The van der Waals surface area contributed by atoms with Crippen molar-refractivity contribution in [3.63, 3.8) is 0 Å². The summed E-state index contributed by atoms with van der Waals surface area (Å²) >= 11 is 0. The van der Waals surface area contributed by atoms with Gasteiger partial charge in [0.2, 0.25) is 0 Å². The molecule has 1 aromatic rings. The molecule has 2 aliphatic rings. The smallest absolute Gasteiger partial charge is 0.193 e. The van der Waals surface area contributed by atoms with Gasteiger partial charge in [-0.05, 0) is 30.9 Å². The Bertz CT molecular complexity index is 642. The van der Waals surface area contributed by atoms with Crippen LogP contribution in [0.5, 0.6) is 11.5 Å². The molecule has 1 spiro atoms. The predicted octanol–water partition coefficient (Wildman–Crippen LogP) is 2.75. The molecule has 1 heterocycles. The van der Waals surface area contributed by atoms with Crippen LogP contribution in [-0.2, 0) is 9.47 Å². The number of anilines is 1. The van der Waals surface area contributed by atoms with Crippen molar-refractivity contribution in [1.82, 2.24) is 0 Å². The summed E-state index contributed by atoms with van der Waals surface area (Å²) in [4.78, 5) is 4.41. The zero-order valence-corrected chi connectivity index (χ0v) is 15.8. The largest absolute Gasteiger partial charge is 0.497 e. The average molecular weight is 363 g/mol. The Labute approximate surface area is 154 Å². The van der Waals surface area contributed by atoms with Crippen molar-refractivity contribution < 1.29 is 18.9 Å². The van der Waals surface area contributed by atoms with Gasteiger partial charge in [-0.1, -0.05) is 6.92 Å². The minimum atomic E-state index is -0.398. The molecule has 144 valence electrons. The summed E-state index contributed by atoms with van der Waals surface area (Å²) in [6.07, 6.45) is 4.16. The summed E-state index contributed by atoms with van der Waals surface area (Å²) in [5, 5.41) is 3.06. The van der Waals surface area contributed by atoms with Crippen LogP contribution >= 0.6 is 0 Å². The number of ether oxygens (including phenoxy) is 4. The van der Waals surface area contributed by atoms with Gasteiger partial charge in [-0.15, -0.1) is 0 Å². The van der Waals surface area contributed by atoms with Crippen LogP contribution in [-0.4, -0.2) is 45.2 Å². The number of nitrogens with two attached hydrogens (primary N) is 1. The molecule has 1 saturated carbocycles. The van der Waals surface area contributed by atoms with Gasteiger partial charge in [-0.3, -0.25) is 4.99 Å². The molecule has 0 bridgehead atoms. The van der Waals surface area contributed by atoms with Crippen molar-refractivity contribution in [2.24, 2.45) is 16.6 Å². The predicted molar refractivity (Wildman–Crippen MR) is 101 cm³/mol. The minimum absolute atomic E-state index is 0.0593. The minimum Gasteiger partial charge on any atom is -0.497 e. The Morgan fingerprint density at radius 2 is 2.08 bits per heavy atom. The lowest BCUT2D eigenvalue weighted by atomic mass is 9.86. The van der Waals surface area contributed by atoms with E-state index in [0.29, 0.717) is 36.3 Å². The quantitative estimate of drug-likeness (QED) is 0.618. The maximum Gasteiger partial charge on any atom is 0.193 e. The van der Waals surface area contributed by atoms with Gasteiger partial charge in [0.1, 0.15) is 17.6 Å². The van der Waals surface area contributed by atoms with Crippen molar-refractivity contribution in [1.29, 1.82) is 0 Å². The number of hydrogen-bond acceptors (Lipinski definition) is 5. The fraction of sp³-hybridized carbons (Fsp3) is 0.632. The van der Waals surface area contributed by atoms with Gasteiger partial charge in [0.25, 0.3) is 0 Å². The standard InChI is InChI=1S/C19H29N3O4/c1-13-6-8-19(9-7-13)25-12-15(26-19)11-21-18(20)22-16-10-14(23-2)4-5-17(16)24-3/h4-5,10,13,15H,6-9,11-12H2,1-3H3,(H3,20,21,22). The Balaban J connectivity index is 1.56. The third-order valence-electron chi connectivity index (χ3n) is 5.08. The molecule has 0 aromatic heterocycles. The first-order valence-electron chi connectivity index (χ1n) is 9.14. The third-order valence-corrected chi connectivity index (χ3v) is 5.08. The van der Waals surface area contributed by atoms with E-state index in [9.17, 15) is 0 Å². The van der Waals surface area contributed by atoms with E-state index >= 15 is 0 Å². The summed E-state index contributed by atoms with van der Waals surface area (Å²) < 4.78 is 22.7. The van der Waals surface area contributed by atoms with Crippen molar-refractivity contribution in [3.8, 4) is 11.5 Å². The van der Waals surface area contributed by atoms with Crippen molar-refractivity contribution >= 4 is 11.6 Å². The molecule has 1 saturated heterocycles. The molecule has 1 aliphatic heterocycles. The van der Waals surface area contributed by atoms with Crippen LogP contribution in [0.4, 0.5) is 5.69 Å². The van der Waals surface area contributed by atoms with E-state index in [0.717, 1.165) is 31.6 Å². The number of guanidine groups is 1. The molecule has 1 atom stereocenters. The lowest BCUT2D eigenvalue weighted by Gasteiger charge is -2.34. The lowest BCUT2D eigenvalue weighted by Crippen LogP contribution is -2.35. The molecule has 2 fully saturated rings. The summed E-state index contributed by atoms with van der Waals surface area (Å²) in [5.74, 6) is 2.04. The maximum absolute atomic E-state index is 6.16. The number of aliphatic imine (C=N–C) groups is 1. The zero-order chi connectivity index (χ0) is 18.6. The second-order valence-corrected chi connectivity index (χ2v) is 7.06. The van der Waals surface area contributed by atoms with Gasteiger partial charge in [0.15, 0.2) is 11.7 Å². The molecule has 3 N–H and O–H groups in total. The average Bonchev–Trinajstić information content (AvgIpc) is 3.05. The summed E-state index contributed by atoms with van der Waals surface area (Å²) in [6.45, 7) is 3.30. The number of methoxy groups -OCH3 is 2. The van der Waals surface area contributed by atoms with E-state index in [-0.39, 0.29) is 6.10 Å². The van der Waals surface area contributed by atoms with E-state index in [1.165, 1.54) is 0 Å². The monoisotopic (exact) mass is 363 g/mol. The highest BCUT2D eigenvalue weighted by Crippen LogP contribution is 2.39. The fourth-order valence-corrected chi connectivity index (χ4v) is 3.46. The van der Waals surface area contributed by atoms with E-state index in [1.54, 1.807) is 14.2 Å². The number of rotatable bonds is 5. The van der Waals surface area contributed by atoms with Gasteiger partial charge >= 0.3 is 0 Å². The number of hydrogen-bond donors (Lipinski definition) is 2. The summed E-state index contributed by atoms with van der Waals surface area (Å²) in [7, 11) is 3.22. The van der Waals surface area contributed by atoms with Crippen LogP contribution in [0.1, 0.15) is 32.6 Å². The molecule has 1 aliphatic carbocycles. The van der Waals surface area contributed by atoms with Crippen LogP contribution in [0.25, 0.3) is 0 Å². The zero-order valence-electron chi connectivity index (χ0n) is 15.8. The molecule has 3 rings (SSSR count). The summed E-state index contributed by atoms with van der Waals surface area (Å²) in [6, 6.07) is 5.45. The molecular formula is C19H29N3O4. The van der Waals surface area contributed by atoms with Gasteiger partial charge in [-0.25, -0.2) is 0 Å². The van der Waals surface area contributed by atoms with Crippen LogP contribution in [0.2, 0.25) is 0 Å². The lowest BCUT2D eigenvalue weighted by molar-refractivity contribution is -0.190. The SMILES string of the molecule is COc1ccc(OC)c(NC(N)=NCC2COC3(CCC(C)CC3)O2)c1. The molecule has 7 heteroatoms. The highest BCUT2D eigenvalue weighted by molar-refractivity contribution is 5.94. The molecule has 1 unspecified atom stereocenters. The van der Waals surface area contributed by atoms with Gasteiger partial charge in [0.05, 0.1) is 33.1 Å². The molecule has 0 amide bonds. The Morgan fingerprint density at radius 3 is 2.77 bits per heavy atom. The van der Waals surface area contributed by atoms with Crippen LogP contribution < -0.4 is 20.5 Å². The van der Waals surface area contributed by atoms with E-state index < -0.39 is 5.79 Å². The first-order valence-corrected chi connectivity index (χ1v) is 9.14. The normalized spacial score (nSPS) is 29.0. The second kappa shape index (κ2) is 8.14. The first kappa shape index (κ1) is 18.8. The Morgan fingerprint density at radius 1 is 1.31 bits per heavy atom. The van der Waals surface area contributed by atoms with Crippen LogP contribution in [0.15, 0.2) is 23.2 Å². The Hall–Kier alpha value is -1.99. The number of benzene rings is 1. The van der Waals surface area contributed by atoms with Gasteiger partial charge in [-0.2, -0.15) is 0 Å². The fourth-order valence-electron chi connectivity index (χ4n) is 3.46. The second-order valence-electron chi connectivity index (χ2n) is 7.06. The maximum atomic E-state index is 6.16. The van der Waals surface area contributed by atoms with E-state index in [2.05, 4.69) is 17.2 Å². The van der Waals surface area contributed by atoms with Gasteiger partial charge in [0, 0.05) is 18.9 Å². The van der Waals surface area contributed by atoms with Gasteiger partial charge < -0.3 is 30.0 Å². The summed E-state index contributed by atoms with van der Waals surface area (Å²) in [5.41, 5.74) is 6.74. The van der Waals surface area contributed by atoms with Crippen molar-refractivity contribution in [2.45, 2.75) is 44.5 Å². The molecular weight excluding hydrogens is 334 g/mol. The highest BCUT2D eigenvalue weighted by atomic mass is 16.7. The molecule has 7 nitrogen and oxygen atoms in total. The molecule has 0 radical (unpaired) electrons. The molecule has 26 heavy (non-hydrogen) atoms. The Kier molecular flexibility index (Phi) is 5.88. The van der Waals surface area contributed by atoms with Crippen molar-refractivity contribution in [3.05, 3.63) is 18.2 Å².